The fraction of sp³-hybridized carbons (Fsp3) is 0.571. The first-order chi connectivity index (χ1) is 9.15. The molecule has 1 saturated carbocycles. The number of hydrogen-bond donors (Lipinski definition) is 2. The van der Waals surface area contributed by atoms with Gasteiger partial charge in [0.1, 0.15) is 5.82 Å². The van der Waals surface area contributed by atoms with E-state index in [1.54, 1.807) is 12.1 Å². The van der Waals surface area contributed by atoms with Gasteiger partial charge in [-0.25, -0.2) is 4.39 Å². The third-order valence-electron chi connectivity index (χ3n) is 3.07. The summed E-state index contributed by atoms with van der Waals surface area (Å²) in [5.41, 5.74) is 0.592. The zero-order valence-corrected chi connectivity index (χ0v) is 12.3. The lowest BCUT2D eigenvalue weighted by atomic mass is 10.2. The van der Waals surface area contributed by atoms with Crippen LogP contribution in [0, 0.1) is 11.7 Å². The second-order valence-corrected chi connectivity index (χ2v) is 5.92. The van der Waals surface area contributed by atoms with Gasteiger partial charge in [-0.1, -0.05) is 22.0 Å². The van der Waals surface area contributed by atoms with Crippen LogP contribution in [-0.4, -0.2) is 31.0 Å². The van der Waals surface area contributed by atoms with E-state index in [2.05, 4.69) is 21.2 Å². The van der Waals surface area contributed by atoms with Crippen molar-refractivity contribution in [2.24, 2.45) is 5.92 Å². The lowest BCUT2D eigenvalue weighted by Crippen LogP contribution is -2.30. The zero-order chi connectivity index (χ0) is 13.7. The number of ether oxygens (including phenoxy) is 1. The molecule has 1 aromatic carbocycles. The van der Waals surface area contributed by atoms with Gasteiger partial charge in [-0.05, 0) is 30.9 Å². The van der Waals surface area contributed by atoms with Crippen molar-refractivity contribution in [2.45, 2.75) is 25.5 Å². The Kier molecular flexibility index (Phi) is 5.76. The van der Waals surface area contributed by atoms with Gasteiger partial charge in [-0.2, -0.15) is 0 Å². The van der Waals surface area contributed by atoms with Crippen molar-refractivity contribution in [2.75, 3.05) is 19.8 Å². The van der Waals surface area contributed by atoms with Gasteiger partial charge in [0.25, 0.3) is 0 Å². The topological polar surface area (TPSA) is 41.5 Å². The largest absolute Gasteiger partial charge is 0.389 e. The van der Waals surface area contributed by atoms with Gasteiger partial charge in [0.15, 0.2) is 0 Å². The normalized spacial score (nSPS) is 16.6. The van der Waals surface area contributed by atoms with Crippen LogP contribution >= 0.6 is 15.9 Å². The molecule has 2 rings (SSSR count). The molecular formula is C14H19BrFNO2. The number of benzene rings is 1. The van der Waals surface area contributed by atoms with Gasteiger partial charge < -0.3 is 15.2 Å². The van der Waals surface area contributed by atoms with Crippen molar-refractivity contribution < 1.29 is 14.2 Å². The molecule has 19 heavy (non-hydrogen) atoms. The van der Waals surface area contributed by atoms with Gasteiger partial charge in [0, 0.05) is 29.7 Å². The summed E-state index contributed by atoms with van der Waals surface area (Å²) in [5.74, 6) is 0.457. The van der Waals surface area contributed by atoms with Crippen LogP contribution in [-0.2, 0) is 11.3 Å². The van der Waals surface area contributed by atoms with Gasteiger partial charge in [0.2, 0.25) is 0 Å². The average Bonchev–Trinajstić information content (AvgIpc) is 3.16. The monoisotopic (exact) mass is 331 g/mol. The Balaban J connectivity index is 1.61. The molecule has 0 saturated heterocycles. The maximum atomic E-state index is 13.5. The predicted octanol–water partition coefficient (Wildman–Crippen LogP) is 2.47. The third kappa shape index (κ3) is 5.57. The number of rotatable bonds is 8. The highest BCUT2D eigenvalue weighted by molar-refractivity contribution is 9.10. The molecule has 0 aromatic heterocycles. The third-order valence-corrected chi connectivity index (χ3v) is 3.56. The highest BCUT2D eigenvalue weighted by atomic mass is 79.9. The fourth-order valence-electron chi connectivity index (χ4n) is 1.75. The van der Waals surface area contributed by atoms with Gasteiger partial charge >= 0.3 is 0 Å². The molecule has 0 radical (unpaired) electrons. The van der Waals surface area contributed by atoms with Crippen LogP contribution in [0.3, 0.4) is 0 Å². The zero-order valence-electron chi connectivity index (χ0n) is 10.7. The summed E-state index contributed by atoms with van der Waals surface area (Å²) in [7, 11) is 0. The molecule has 3 nitrogen and oxygen atoms in total. The summed E-state index contributed by atoms with van der Waals surface area (Å²) in [5, 5.41) is 12.7. The first kappa shape index (κ1) is 14.9. The smallest absolute Gasteiger partial charge is 0.128 e. The van der Waals surface area contributed by atoms with E-state index >= 15 is 0 Å². The van der Waals surface area contributed by atoms with Crippen molar-refractivity contribution in [3.05, 3.63) is 34.1 Å². The molecule has 0 heterocycles. The minimum absolute atomic E-state index is 0.249. The molecule has 1 fully saturated rings. The highest BCUT2D eigenvalue weighted by Crippen LogP contribution is 2.28. The quantitative estimate of drug-likeness (QED) is 0.768. The van der Waals surface area contributed by atoms with Crippen LogP contribution in [0.25, 0.3) is 0 Å². The number of hydrogen-bond acceptors (Lipinski definition) is 3. The number of aliphatic hydroxyl groups is 1. The molecule has 1 atom stereocenters. The van der Waals surface area contributed by atoms with Gasteiger partial charge in [0.05, 0.1) is 12.7 Å². The first-order valence-electron chi connectivity index (χ1n) is 6.55. The molecule has 5 heteroatoms. The van der Waals surface area contributed by atoms with Crippen molar-refractivity contribution >= 4 is 15.9 Å². The van der Waals surface area contributed by atoms with Crippen LogP contribution < -0.4 is 5.32 Å². The number of aliphatic hydroxyl groups excluding tert-OH is 1. The maximum Gasteiger partial charge on any atom is 0.128 e. The molecule has 1 aliphatic carbocycles. The van der Waals surface area contributed by atoms with E-state index in [0.29, 0.717) is 31.2 Å². The number of nitrogens with one attached hydrogen (secondary N) is 1. The highest BCUT2D eigenvalue weighted by Gasteiger charge is 2.21. The minimum atomic E-state index is -0.544. The average molecular weight is 332 g/mol. The molecule has 2 N–H and O–H groups in total. The summed E-state index contributed by atoms with van der Waals surface area (Å²) in [6.45, 7) is 1.89. The lowest BCUT2D eigenvalue weighted by Gasteiger charge is -2.12. The van der Waals surface area contributed by atoms with Crippen molar-refractivity contribution in [1.82, 2.24) is 5.32 Å². The Bertz CT molecular complexity index is 412. The second-order valence-electron chi connectivity index (χ2n) is 5.00. The molecule has 0 bridgehead atoms. The Morgan fingerprint density at radius 1 is 1.47 bits per heavy atom. The van der Waals surface area contributed by atoms with E-state index in [1.807, 2.05) is 0 Å². The predicted molar refractivity (Wildman–Crippen MR) is 75.4 cm³/mol. The standard InChI is InChI=1S/C14H19BrFNO2/c15-12-4-3-11(14(16)5-12)6-17-7-13(18)9-19-8-10-1-2-10/h3-5,10,13,17-18H,1-2,6-9H2. The molecule has 106 valence electrons. The summed E-state index contributed by atoms with van der Waals surface area (Å²) in [6.07, 6.45) is 1.95. The van der Waals surface area contributed by atoms with E-state index in [4.69, 9.17) is 4.74 Å². The Labute approximate surface area is 121 Å². The van der Waals surface area contributed by atoms with E-state index in [-0.39, 0.29) is 5.82 Å². The molecule has 0 aliphatic heterocycles. The minimum Gasteiger partial charge on any atom is -0.389 e. The molecule has 0 amide bonds. The summed E-state index contributed by atoms with van der Waals surface area (Å²) >= 11 is 3.22. The summed E-state index contributed by atoms with van der Waals surface area (Å²) in [4.78, 5) is 0. The van der Waals surface area contributed by atoms with Gasteiger partial charge in [-0.15, -0.1) is 0 Å². The van der Waals surface area contributed by atoms with Crippen LogP contribution in [0.15, 0.2) is 22.7 Å². The van der Waals surface area contributed by atoms with Crippen LogP contribution in [0.4, 0.5) is 4.39 Å². The Hall–Kier alpha value is -0.490. The molecule has 0 spiro atoms. The Morgan fingerprint density at radius 3 is 2.95 bits per heavy atom. The first-order valence-corrected chi connectivity index (χ1v) is 7.35. The van der Waals surface area contributed by atoms with E-state index in [1.165, 1.54) is 18.9 Å². The molecule has 1 aromatic rings. The maximum absolute atomic E-state index is 13.5. The molecule has 1 unspecified atom stereocenters. The molecule has 1 aliphatic rings. The fourth-order valence-corrected chi connectivity index (χ4v) is 2.09. The van der Waals surface area contributed by atoms with Crippen LogP contribution in [0.1, 0.15) is 18.4 Å². The lowest BCUT2D eigenvalue weighted by molar-refractivity contribution is 0.0324. The van der Waals surface area contributed by atoms with Crippen molar-refractivity contribution in [3.8, 4) is 0 Å². The second kappa shape index (κ2) is 7.33. The van der Waals surface area contributed by atoms with Gasteiger partial charge in [-0.3, -0.25) is 0 Å². The van der Waals surface area contributed by atoms with Crippen LogP contribution in [0.2, 0.25) is 0 Å². The van der Waals surface area contributed by atoms with Crippen molar-refractivity contribution in [1.29, 1.82) is 0 Å². The van der Waals surface area contributed by atoms with Crippen LogP contribution in [0.5, 0.6) is 0 Å². The molecular weight excluding hydrogens is 313 g/mol. The number of halogens is 2. The van der Waals surface area contributed by atoms with E-state index < -0.39 is 6.10 Å². The Morgan fingerprint density at radius 2 is 2.26 bits per heavy atom. The SMILES string of the molecule is OC(CNCc1ccc(Br)cc1F)COCC1CC1. The van der Waals surface area contributed by atoms with E-state index in [0.717, 1.165) is 11.1 Å². The van der Waals surface area contributed by atoms with E-state index in [9.17, 15) is 9.50 Å². The summed E-state index contributed by atoms with van der Waals surface area (Å²) < 4.78 is 19.6. The summed E-state index contributed by atoms with van der Waals surface area (Å²) in [6, 6.07) is 4.96. The van der Waals surface area contributed by atoms with Crippen molar-refractivity contribution in [3.63, 3.8) is 0 Å².